The molecule has 0 aliphatic heterocycles. The molecule has 0 atom stereocenters. The molecule has 0 aromatic carbocycles. The van der Waals surface area contributed by atoms with E-state index in [9.17, 15) is 13.2 Å². The number of nitrogens with one attached hydrogen (secondary N) is 1. The fourth-order valence-electron chi connectivity index (χ4n) is 1.24. The highest BCUT2D eigenvalue weighted by Gasteiger charge is 2.42. The van der Waals surface area contributed by atoms with Gasteiger partial charge in [-0.15, -0.1) is 0 Å². The number of sulfonamides is 1. The molecule has 0 saturated heterocycles. The normalized spacial score (nSPS) is 18.3. The molecule has 1 fully saturated rings. The lowest BCUT2D eigenvalue weighted by Crippen LogP contribution is -2.33. The zero-order valence-corrected chi connectivity index (χ0v) is 9.37. The van der Waals surface area contributed by atoms with Gasteiger partial charge < -0.3 is 9.52 Å². The van der Waals surface area contributed by atoms with Gasteiger partial charge in [-0.25, -0.2) is 17.9 Å². The second kappa shape index (κ2) is 3.33. The summed E-state index contributed by atoms with van der Waals surface area (Å²) in [5, 5.41) is 8.24. The first-order chi connectivity index (χ1) is 7.32. The maximum Gasteiger partial charge on any atom is 0.371 e. The van der Waals surface area contributed by atoms with E-state index in [2.05, 4.69) is 4.72 Å². The Labute approximate surface area is 92.3 Å². The summed E-state index contributed by atoms with van der Waals surface area (Å²) in [6.45, 7) is 1.78. The average molecular weight is 245 g/mol. The lowest BCUT2D eigenvalue weighted by Gasteiger charge is -2.09. The van der Waals surface area contributed by atoms with Gasteiger partial charge in [0.25, 0.3) is 10.0 Å². The van der Waals surface area contributed by atoms with Crippen molar-refractivity contribution in [3.8, 4) is 0 Å². The molecule has 1 aromatic rings. The Bertz CT molecular complexity index is 526. The van der Waals surface area contributed by atoms with Crippen molar-refractivity contribution in [3.63, 3.8) is 0 Å². The van der Waals surface area contributed by atoms with E-state index in [1.807, 2.05) is 0 Å². The Hall–Kier alpha value is -1.34. The van der Waals surface area contributed by atoms with E-state index in [1.54, 1.807) is 6.92 Å². The van der Waals surface area contributed by atoms with Gasteiger partial charge in [-0.2, -0.15) is 0 Å². The fraction of sp³-hybridized carbons (Fsp3) is 0.444. The molecule has 0 radical (unpaired) electrons. The highest BCUT2D eigenvalue weighted by Crippen LogP contribution is 2.36. The number of hydrogen-bond acceptors (Lipinski definition) is 4. The molecular weight excluding hydrogens is 234 g/mol. The number of rotatable bonds is 4. The molecule has 0 unspecified atom stereocenters. The highest BCUT2D eigenvalue weighted by molar-refractivity contribution is 7.89. The molecule has 1 saturated carbocycles. The van der Waals surface area contributed by atoms with E-state index >= 15 is 0 Å². The first-order valence-electron chi connectivity index (χ1n) is 4.70. The molecule has 2 N–H and O–H groups in total. The number of carboxylic acid groups (broad SMARTS) is 1. The lowest BCUT2D eigenvalue weighted by molar-refractivity contribution is 0.0656. The van der Waals surface area contributed by atoms with Crippen LogP contribution >= 0.6 is 0 Å². The van der Waals surface area contributed by atoms with Gasteiger partial charge in [-0.1, -0.05) is 0 Å². The summed E-state index contributed by atoms with van der Waals surface area (Å²) in [6.07, 6.45) is 1.55. The molecule has 0 spiro atoms. The first kappa shape index (κ1) is 11.2. The van der Waals surface area contributed by atoms with Gasteiger partial charge in [0.15, 0.2) is 0 Å². The molecule has 88 valence electrons. The van der Waals surface area contributed by atoms with Crippen molar-refractivity contribution in [1.82, 2.24) is 4.72 Å². The predicted octanol–water partition coefficient (Wildman–Crippen LogP) is 0.809. The number of carboxylic acids is 1. The Morgan fingerprint density at radius 3 is 2.56 bits per heavy atom. The van der Waals surface area contributed by atoms with E-state index in [0.29, 0.717) is 0 Å². The summed E-state index contributed by atoms with van der Waals surface area (Å²) >= 11 is 0. The molecule has 0 amide bonds. The number of hydrogen-bond donors (Lipinski definition) is 2. The van der Waals surface area contributed by atoms with Gasteiger partial charge >= 0.3 is 5.97 Å². The van der Waals surface area contributed by atoms with Crippen LogP contribution in [0.4, 0.5) is 0 Å². The van der Waals surface area contributed by atoms with Crippen LogP contribution < -0.4 is 4.72 Å². The van der Waals surface area contributed by atoms with Crippen LogP contribution in [0.3, 0.4) is 0 Å². The molecule has 0 bridgehead atoms. The first-order valence-corrected chi connectivity index (χ1v) is 6.18. The van der Waals surface area contributed by atoms with E-state index in [-0.39, 0.29) is 10.9 Å². The molecular formula is C9H11NO5S. The molecule has 1 aromatic heterocycles. The van der Waals surface area contributed by atoms with Gasteiger partial charge in [0, 0.05) is 5.54 Å². The van der Waals surface area contributed by atoms with E-state index in [1.165, 1.54) is 0 Å². The minimum absolute atomic E-state index is 0.363. The second-order valence-electron chi connectivity index (χ2n) is 4.09. The van der Waals surface area contributed by atoms with E-state index in [0.717, 1.165) is 25.0 Å². The topological polar surface area (TPSA) is 96.6 Å². The van der Waals surface area contributed by atoms with Crippen molar-refractivity contribution in [1.29, 1.82) is 0 Å². The molecule has 7 heteroatoms. The van der Waals surface area contributed by atoms with E-state index < -0.39 is 21.5 Å². The van der Waals surface area contributed by atoms with Gasteiger partial charge in [-0.3, -0.25) is 0 Å². The standard InChI is InChI=1S/C9H11NO5S/c1-9(4-5-9)10-16(13,14)7-3-2-6(15-7)8(11)12/h2-3,10H,4-5H2,1H3,(H,11,12). The minimum atomic E-state index is -3.75. The number of furan rings is 1. The van der Waals surface area contributed by atoms with Crippen LogP contribution in [0.2, 0.25) is 0 Å². The molecule has 6 nitrogen and oxygen atoms in total. The number of carbonyl (C=O) groups is 1. The summed E-state index contributed by atoms with van der Waals surface area (Å²) in [6, 6.07) is 2.25. The maximum atomic E-state index is 11.7. The zero-order chi connectivity index (χ0) is 12.0. The zero-order valence-electron chi connectivity index (χ0n) is 8.56. The number of aromatic carboxylic acids is 1. The molecule has 1 aliphatic carbocycles. The van der Waals surface area contributed by atoms with Crippen molar-refractivity contribution in [2.75, 3.05) is 0 Å². The second-order valence-corrected chi connectivity index (χ2v) is 5.70. The average Bonchev–Trinajstić information content (AvgIpc) is 2.69. The molecule has 2 rings (SSSR count). The maximum absolute atomic E-state index is 11.7. The van der Waals surface area contributed by atoms with Crippen molar-refractivity contribution >= 4 is 16.0 Å². The van der Waals surface area contributed by atoms with Gasteiger partial charge in [0.2, 0.25) is 10.9 Å². The van der Waals surface area contributed by atoms with Gasteiger partial charge in [-0.05, 0) is 31.9 Å². The Morgan fingerprint density at radius 2 is 2.12 bits per heavy atom. The van der Waals surface area contributed by atoms with Gasteiger partial charge in [0.05, 0.1) is 0 Å². The van der Waals surface area contributed by atoms with Crippen molar-refractivity contribution < 1.29 is 22.7 Å². The SMILES string of the molecule is CC1(NS(=O)(=O)c2ccc(C(=O)O)o2)CC1. The summed E-state index contributed by atoms with van der Waals surface area (Å²) < 4.78 is 30.6. The third-order valence-electron chi connectivity index (χ3n) is 2.44. The monoisotopic (exact) mass is 245 g/mol. The summed E-state index contributed by atoms with van der Waals surface area (Å²) in [7, 11) is -3.75. The third-order valence-corrected chi connectivity index (χ3v) is 3.95. The Kier molecular flexibility index (Phi) is 2.32. The third kappa shape index (κ3) is 2.10. The van der Waals surface area contributed by atoms with Crippen LogP contribution in [-0.2, 0) is 10.0 Å². The van der Waals surface area contributed by atoms with Crippen LogP contribution in [0.15, 0.2) is 21.6 Å². The van der Waals surface area contributed by atoms with Crippen molar-refractivity contribution in [2.24, 2.45) is 0 Å². The van der Waals surface area contributed by atoms with Crippen LogP contribution in [0.25, 0.3) is 0 Å². The summed E-state index contributed by atoms with van der Waals surface area (Å²) in [4.78, 5) is 10.5. The van der Waals surface area contributed by atoms with Crippen LogP contribution in [0, 0.1) is 0 Å². The van der Waals surface area contributed by atoms with Crippen molar-refractivity contribution in [3.05, 3.63) is 17.9 Å². The Morgan fingerprint density at radius 1 is 1.50 bits per heavy atom. The molecule has 16 heavy (non-hydrogen) atoms. The van der Waals surface area contributed by atoms with Crippen LogP contribution in [0.5, 0.6) is 0 Å². The Balaban J connectivity index is 2.25. The smallest absolute Gasteiger partial charge is 0.371 e. The summed E-state index contributed by atoms with van der Waals surface area (Å²) in [5.74, 6) is -1.68. The van der Waals surface area contributed by atoms with Crippen LogP contribution in [0.1, 0.15) is 30.3 Å². The van der Waals surface area contributed by atoms with E-state index in [4.69, 9.17) is 9.52 Å². The predicted molar refractivity (Wildman–Crippen MR) is 53.6 cm³/mol. The minimum Gasteiger partial charge on any atom is -0.475 e. The highest BCUT2D eigenvalue weighted by atomic mass is 32.2. The largest absolute Gasteiger partial charge is 0.475 e. The van der Waals surface area contributed by atoms with Crippen molar-refractivity contribution in [2.45, 2.75) is 30.4 Å². The summed E-state index contributed by atoms with van der Waals surface area (Å²) in [5.41, 5.74) is -0.408. The fourth-order valence-corrected chi connectivity index (χ4v) is 2.64. The van der Waals surface area contributed by atoms with Gasteiger partial charge in [0.1, 0.15) is 0 Å². The van der Waals surface area contributed by atoms with Crippen LogP contribution in [-0.4, -0.2) is 25.0 Å². The quantitative estimate of drug-likeness (QED) is 0.818. The molecule has 1 aliphatic rings. The lowest BCUT2D eigenvalue weighted by atomic mass is 10.4. The molecule has 1 heterocycles.